The number of aliphatic carboxylic acids is 1. The van der Waals surface area contributed by atoms with E-state index in [0.29, 0.717) is 24.2 Å². The normalized spacial score (nSPS) is 28.0. The molecule has 262 valence electrons. The summed E-state index contributed by atoms with van der Waals surface area (Å²) in [5.74, 6) is -2.37. The highest BCUT2D eigenvalue weighted by Gasteiger charge is 2.61. The Labute approximate surface area is 291 Å². The molecule has 0 radical (unpaired) electrons. The summed E-state index contributed by atoms with van der Waals surface area (Å²) in [6.07, 6.45) is 10.6. The third-order valence-corrected chi connectivity index (χ3v) is 10.6. The van der Waals surface area contributed by atoms with Crippen LogP contribution in [0.4, 0.5) is 4.79 Å². The molecule has 1 aromatic heterocycles. The largest absolute Gasteiger partial charge is 0.479 e. The molecule has 3 heterocycles. The second kappa shape index (κ2) is 14.5. The number of nitrogens with one attached hydrogen (secondary N) is 2. The van der Waals surface area contributed by atoms with Crippen molar-refractivity contribution in [3.05, 3.63) is 72.8 Å². The van der Waals surface area contributed by atoms with Gasteiger partial charge in [-0.05, 0) is 51.4 Å². The van der Waals surface area contributed by atoms with E-state index in [1.807, 2.05) is 72.8 Å². The number of allylic oxidation sites excluding steroid dienone is 1. The van der Waals surface area contributed by atoms with Crippen molar-refractivity contribution >= 4 is 23.9 Å². The number of fused-ring (bicyclic) bond motifs is 2. The minimum atomic E-state index is -1.42. The molecular formula is C38H44N6O6. The van der Waals surface area contributed by atoms with Crippen molar-refractivity contribution < 1.29 is 29.0 Å². The monoisotopic (exact) mass is 680 g/mol. The van der Waals surface area contributed by atoms with E-state index in [1.165, 1.54) is 4.90 Å². The van der Waals surface area contributed by atoms with E-state index in [2.05, 4.69) is 10.6 Å². The van der Waals surface area contributed by atoms with Crippen LogP contribution in [0.3, 0.4) is 0 Å². The van der Waals surface area contributed by atoms with Crippen LogP contribution >= 0.6 is 0 Å². The van der Waals surface area contributed by atoms with Crippen LogP contribution in [0.1, 0.15) is 76.7 Å². The number of aromatic nitrogens is 3. The van der Waals surface area contributed by atoms with Crippen LogP contribution in [0.5, 0.6) is 0 Å². The first-order chi connectivity index (χ1) is 24.3. The van der Waals surface area contributed by atoms with Gasteiger partial charge in [0.15, 0.2) is 0 Å². The summed E-state index contributed by atoms with van der Waals surface area (Å²) in [5, 5.41) is 25.7. The molecule has 5 atom stereocenters. The zero-order valence-corrected chi connectivity index (χ0v) is 28.1. The lowest BCUT2D eigenvalue weighted by Crippen LogP contribution is -2.56. The minimum Gasteiger partial charge on any atom is -0.479 e. The maximum absolute atomic E-state index is 14.5. The van der Waals surface area contributed by atoms with Gasteiger partial charge < -0.3 is 25.4 Å². The summed E-state index contributed by atoms with van der Waals surface area (Å²) in [5.41, 5.74) is 1.67. The average Bonchev–Trinajstić information content (AvgIpc) is 3.56. The summed E-state index contributed by atoms with van der Waals surface area (Å²) >= 11 is 0. The molecule has 1 saturated heterocycles. The Morgan fingerprint density at radius 2 is 1.52 bits per heavy atom. The molecule has 0 spiro atoms. The highest BCUT2D eigenvalue weighted by molar-refractivity contribution is 5.96. The van der Waals surface area contributed by atoms with Crippen LogP contribution in [-0.4, -0.2) is 79.1 Å². The summed E-state index contributed by atoms with van der Waals surface area (Å²) in [4.78, 5) is 57.2. The smallest absolute Gasteiger partial charge is 0.408 e. The zero-order chi connectivity index (χ0) is 34.7. The number of ether oxygens (including phenoxy) is 1. The van der Waals surface area contributed by atoms with Crippen LogP contribution in [0.25, 0.3) is 22.5 Å². The summed E-state index contributed by atoms with van der Waals surface area (Å²) in [6.45, 7) is 0.104. The van der Waals surface area contributed by atoms with Crippen molar-refractivity contribution in [2.75, 3.05) is 6.54 Å². The minimum absolute atomic E-state index is 0.104. The molecule has 2 saturated carbocycles. The standard InChI is InChI=1S/C38H44N6O6/c45-34-31-22-28(44-41-32(25-14-6-4-7-15-25)33(42-44)26-16-8-5-9-17-26)24-43(31)35(46)30(39-37(49)50-29-19-12-13-20-29)21-11-3-1-2-10-18-27-23-38(27,40-34)36(47)48/h4-10,14-18,27-31H,1-3,11-13,19-24H2,(H,39,49)(H,40,45)(H,47,48)/b18-10-/t27-,28+,30-,31-,38+/m0/s1. The second-order valence-electron chi connectivity index (χ2n) is 14.0. The zero-order valence-electron chi connectivity index (χ0n) is 28.1. The van der Waals surface area contributed by atoms with Gasteiger partial charge in [0, 0.05) is 30.0 Å². The van der Waals surface area contributed by atoms with Gasteiger partial charge in [-0.3, -0.25) is 9.59 Å². The Bertz CT molecular complexity index is 1680. The predicted molar refractivity (Wildman–Crippen MR) is 185 cm³/mol. The quantitative estimate of drug-likeness (QED) is 0.298. The summed E-state index contributed by atoms with van der Waals surface area (Å²) in [7, 11) is 0. The molecule has 50 heavy (non-hydrogen) atoms. The SMILES string of the molecule is O=C(N[C@H]1CCCCC/C=C\[C@H]2C[C@@]2(C(=O)O)NC(=O)[C@@H]2C[C@@H](n3nc(-c4ccccc4)c(-c4ccccc4)n3)CN2C1=O)OC1CCCC1. The lowest BCUT2D eigenvalue weighted by molar-refractivity contribution is -0.145. The highest BCUT2D eigenvalue weighted by atomic mass is 16.6. The third kappa shape index (κ3) is 7.01. The van der Waals surface area contributed by atoms with E-state index in [1.54, 1.807) is 4.80 Å². The number of rotatable bonds is 6. The van der Waals surface area contributed by atoms with Crippen molar-refractivity contribution in [2.24, 2.45) is 5.92 Å². The number of hydrogen-bond acceptors (Lipinski definition) is 7. The van der Waals surface area contributed by atoms with Crippen molar-refractivity contribution in [1.29, 1.82) is 0 Å². The fourth-order valence-corrected chi connectivity index (χ4v) is 7.65. The summed E-state index contributed by atoms with van der Waals surface area (Å²) < 4.78 is 5.67. The Kier molecular flexibility index (Phi) is 9.69. The van der Waals surface area contributed by atoms with Crippen molar-refractivity contribution in [1.82, 2.24) is 30.5 Å². The molecule has 3 N–H and O–H groups in total. The first kappa shape index (κ1) is 33.5. The number of alkyl carbamates (subject to hydrolysis) is 1. The molecule has 12 nitrogen and oxygen atoms in total. The molecule has 3 amide bonds. The molecule has 7 rings (SSSR count). The van der Waals surface area contributed by atoms with Gasteiger partial charge in [0.1, 0.15) is 35.1 Å². The van der Waals surface area contributed by atoms with Gasteiger partial charge in [-0.1, -0.05) is 85.7 Å². The number of carbonyl (C=O) groups is 4. The number of nitrogens with zero attached hydrogens (tertiary/aromatic N) is 4. The number of amides is 3. The van der Waals surface area contributed by atoms with E-state index in [-0.39, 0.29) is 31.4 Å². The number of carbonyl (C=O) groups excluding carboxylic acids is 3. The van der Waals surface area contributed by atoms with Crippen LogP contribution in [-0.2, 0) is 19.1 Å². The maximum atomic E-state index is 14.5. The van der Waals surface area contributed by atoms with E-state index >= 15 is 0 Å². The molecule has 2 aliphatic carbocycles. The van der Waals surface area contributed by atoms with Crippen LogP contribution in [0.2, 0.25) is 0 Å². The molecule has 4 aliphatic rings. The van der Waals surface area contributed by atoms with Crippen LogP contribution in [0.15, 0.2) is 72.8 Å². The fraction of sp³-hybridized carbons (Fsp3) is 0.474. The number of benzene rings is 2. The van der Waals surface area contributed by atoms with Crippen molar-refractivity contribution in [2.45, 2.75) is 100 Å². The van der Waals surface area contributed by atoms with Crippen LogP contribution in [0, 0.1) is 5.92 Å². The van der Waals surface area contributed by atoms with Gasteiger partial charge in [0.05, 0.1) is 6.04 Å². The first-order valence-corrected chi connectivity index (χ1v) is 17.9. The van der Waals surface area contributed by atoms with E-state index in [9.17, 15) is 24.3 Å². The molecule has 2 aromatic carbocycles. The first-order valence-electron chi connectivity index (χ1n) is 17.9. The lowest BCUT2D eigenvalue weighted by Gasteiger charge is -2.29. The maximum Gasteiger partial charge on any atom is 0.408 e. The predicted octanol–water partition coefficient (Wildman–Crippen LogP) is 5.27. The Hall–Kier alpha value is -5.00. The van der Waals surface area contributed by atoms with Crippen molar-refractivity contribution in [3.8, 4) is 22.5 Å². The Morgan fingerprint density at radius 3 is 2.16 bits per heavy atom. The molecule has 0 bridgehead atoms. The average molecular weight is 681 g/mol. The molecular weight excluding hydrogens is 636 g/mol. The fourth-order valence-electron chi connectivity index (χ4n) is 7.65. The number of carboxylic acid groups (broad SMARTS) is 1. The van der Waals surface area contributed by atoms with E-state index in [0.717, 1.165) is 56.1 Å². The molecule has 0 unspecified atom stereocenters. The van der Waals surface area contributed by atoms with Gasteiger partial charge in [-0.2, -0.15) is 15.0 Å². The van der Waals surface area contributed by atoms with E-state index in [4.69, 9.17) is 14.9 Å². The Balaban J connectivity index is 1.22. The Morgan fingerprint density at radius 1 is 0.880 bits per heavy atom. The van der Waals surface area contributed by atoms with Gasteiger partial charge in [0.2, 0.25) is 11.8 Å². The van der Waals surface area contributed by atoms with Gasteiger partial charge in [-0.25, -0.2) is 9.59 Å². The number of carboxylic acids is 1. The van der Waals surface area contributed by atoms with Gasteiger partial charge in [0.25, 0.3) is 0 Å². The molecule has 12 heteroatoms. The molecule has 3 aromatic rings. The second-order valence-corrected chi connectivity index (χ2v) is 14.0. The van der Waals surface area contributed by atoms with Crippen molar-refractivity contribution in [3.63, 3.8) is 0 Å². The highest BCUT2D eigenvalue weighted by Crippen LogP contribution is 2.45. The topological polar surface area (TPSA) is 156 Å². The lowest BCUT2D eigenvalue weighted by atomic mass is 10.0. The van der Waals surface area contributed by atoms with E-state index < -0.39 is 47.5 Å². The summed E-state index contributed by atoms with van der Waals surface area (Å²) in [6, 6.07) is 17.0. The van der Waals surface area contributed by atoms with Crippen LogP contribution < -0.4 is 10.6 Å². The molecule has 3 fully saturated rings. The third-order valence-electron chi connectivity index (χ3n) is 10.6. The number of hydrogen-bond donors (Lipinski definition) is 3. The van der Waals surface area contributed by atoms with Gasteiger partial charge in [-0.15, -0.1) is 0 Å². The molecule has 2 aliphatic heterocycles. The van der Waals surface area contributed by atoms with Gasteiger partial charge >= 0.3 is 12.1 Å².